The van der Waals surface area contributed by atoms with Gasteiger partial charge >= 0.3 is 0 Å². The van der Waals surface area contributed by atoms with Crippen LogP contribution in [0.3, 0.4) is 0 Å². The second-order valence-electron chi connectivity index (χ2n) is 9.29. The summed E-state index contributed by atoms with van der Waals surface area (Å²) in [5.74, 6) is -0.172. The number of aromatic nitrogens is 4. The number of amides is 1. The van der Waals surface area contributed by atoms with Gasteiger partial charge in [-0.2, -0.15) is 0 Å². The number of hydrogen-bond donors (Lipinski definition) is 1. The Hall–Kier alpha value is -5.29. The van der Waals surface area contributed by atoms with E-state index in [-0.39, 0.29) is 16.9 Å². The summed E-state index contributed by atoms with van der Waals surface area (Å²) in [5.41, 5.74) is 2.25. The van der Waals surface area contributed by atoms with Gasteiger partial charge in [0.25, 0.3) is 11.2 Å². The smallest absolute Gasteiger partial charge is 0.293 e. The zero-order valence-corrected chi connectivity index (χ0v) is 22.5. The molecule has 6 aromatic rings. The minimum Gasteiger partial charge on any atom is -0.319 e. The van der Waals surface area contributed by atoms with Crippen LogP contribution >= 0.6 is 11.8 Å². The van der Waals surface area contributed by atoms with Crippen LogP contribution in [0.15, 0.2) is 113 Å². The third-order valence-electron chi connectivity index (χ3n) is 6.58. The second-order valence-corrected chi connectivity index (χ2v) is 10.4. The van der Waals surface area contributed by atoms with Crippen molar-refractivity contribution in [2.75, 3.05) is 5.32 Å². The van der Waals surface area contributed by atoms with E-state index in [0.29, 0.717) is 38.7 Å². The van der Waals surface area contributed by atoms with Gasteiger partial charge in [-0.15, -0.1) is 10.2 Å². The minimum atomic E-state index is -0.847. The van der Waals surface area contributed by atoms with Crippen LogP contribution in [0.4, 0.5) is 11.4 Å². The number of benzene rings is 4. The monoisotopic (exact) mass is 562 g/mol. The van der Waals surface area contributed by atoms with Gasteiger partial charge in [-0.05, 0) is 48.4 Å². The average molecular weight is 563 g/mol. The van der Waals surface area contributed by atoms with Gasteiger partial charge in [0.2, 0.25) is 11.7 Å². The molecule has 2 heterocycles. The average Bonchev–Trinajstić information content (AvgIpc) is 3.41. The molecule has 0 aliphatic rings. The Kier molecular flexibility index (Phi) is 6.78. The van der Waals surface area contributed by atoms with Crippen LogP contribution in [0, 0.1) is 17.0 Å². The molecule has 0 saturated carbocycles. The molecule has 0 aliphatic heterocycles. The van der Waals surface area contributed by atoms with Crippen molar-refractivity contribution >= 4 is 45.7 Å². The van der Waals surface area contributed by atoms with Crippen molar-refractivity contribution < 1.29 is 9.72 Å². The summed E-state index contributed by atoms with van der Waals surface area (Å²) in [6.07, 6.45) is 0. The largest absolute Gasteiger partial charge is 0.319 e. The van der Waals surface area contributed by atoms with Crippen molar-refractivity contribution in [3.63, 3.8) is 0 Å². The molecule has 2 aromatic heterocycles. The third kappa shape index (κ3) is 4.83. The first-order valence-electron chi connectivity index (χ1n) is 12.6. The highest BCUT2D eigenvalue weighted by atomic mass is 32.2. The first-order chi connectivity index (χ1) is 19.9. The van der Waals surface area contributed by atoms with E-state index in [1.54, 1.807) is 35.6 Å². The van der Waals surface area contributed by atoms with Crippen LogP contribution in [0.1, 0.15) is 16.4 Å². The molecule has 0 fully saturated rings. The number of para-hydroxylation sites is 2. The van der Waals surface area contributed by atoms with E-state index in [2.05, 4.69) is 15.5 Å². The number of thioether (sulfide) groups is 1. The summed E-state index contributed by atoms with van der Waals surface area (Å²) in [6, 6.07) is 30.0. The molecule has 0 unspecified atom stereocenters. The topological polar surface area (TPSA) is 124 Å². The molecule has 0 saturated heterocycles. The number of rotatable bonds is 7. The zero-order chi connectivity index (χ0) is 28.5. The molecule has 202 valence electrons. The lowest BCUT2D eigenvalue weighted by molar-refractivity contribution is -0.384. The van der Waals surface area contributed by atoms with Crippen molar-refractivity contribution in [3.8, 4) is 5.69 Å². The maximum absolute atomic E-state index is 13.8. The summed E-state index contributed by atoms with van der Waals surface area (Å²) >= 11 is 1.14. The van der Waals surface area contributed by atoms with E-state index in [1.165, 1.54) is 16.7 Å². The molecule has 41 heavy (non-hydrogen) atoms. The Labute approximate surface area is 237 Å². The summed E-state index contributed by atoms with van der Waals surface area (Å²) in [4.78, 5) is 38.5. The van der Waals surface area contributed by atoms with Crippen LogP contribution in [-0.4, -0.2) is 30.0 Å². The van der Waals surface area contributed by atoms with E-state index in [4.69, 9.17) is 0 Å². The lowest BCUT2D eigenvalue weighted by Crippen LogP contribution is -2.22. The molecule has 4 aromatic carbocycles. The Balaban J connectivity index is 1.49. The summed E-state index contributed by atoms with van der Waals surface area (Å²) in [5, 5.41) is 23.2. The molecule has 0 spiro atoms. The van der Waals surface area contributed by atoms with Crippen LogP contribution in [0.5, 0.6) is 0 Å². The number of nitrogens with zero attached hydrogens (tertiary/aromatic N) is 5. The van der Waals surface area contributed by atoms with E-state index in [0.717, 1.165) is 11.8 Å². The molecule has 1 atom stereocenters. The highest BCUT2D eigenvalue weighted by Gasteiger charge is 2.28. The normalized spacial score (nSPS) is 11.9. The van der Waals surface area contributed by atoms with Crippen LogP contribution in [-0.2, 0) is 4.79 Å². The van der Waals surface area contributed by atoms with Crippen molar-refractivity contribution in [3.05, 3.63) is 135 Å². The second kappa shape index (κ2) is 10.7. The number of carbonyl (C=O) groups excluding carboxylic acids is 1. The molecule has 0 aliphatic carbocycles. The van der Waals surface area contributed by atoms with Crippen molar-refractivity contribution in [1.82, 2.24) is 19.2 Å². The Morgan fingerprint density at radius 1 is 0.927 bits per heavy atom. The van der Waals surface area contributed by atoms with Gasteiger partial charge < -0.3 is 5.32 Å². The molecule has 11 heteroatoms. The maximum atomic E-state index is 13.8. The minimum absolute atomic E-state index is 0.0987. The molecule has 6 rings (SSSR count). The molecule has 0 bridgehead atoms. The van der Waals surface area contributed by atoms with Gasteiger partial charge in [-0.1, -0.05) is 78.5 Å². The quantitative estimate of drug-likeness (QED) is 0.150. The van der Waals surface area contributed by atoms with Gasteiger partial charge in [0.1, 0.15) is 10.9 Å². The number of carbonyl (C=O) groups is 1. The van der Waals surface area contributed by atoms with Crippen LogP contribution < -0.4 is 10.9 Å². The lowest BCUT2D eigenvalue weighted by Gasteiger charge is -2.17. The van der Waals surface area contributed by atoms with Crippen LogP contribution in [0.2, 0.25) is 0 Å². The predicted octanol–water partition coefficient (Wildman–Crippen LogP) is 5.72. The van der Waals surface area contributed by atoms with Gasteiger partial charge in [0, 0.05) is 6.07 Å². The first kappa shape index (κ1) is 26.0. The van der Waals surface area contributed by atoms with Crippen molar-refractivity contribution in [2.45, 2.75) is 17.3 Å². The number of nitro groups is 1. The Morgan fingerprint density at radius 2 is 1.61 bits per heavy atom. The number of anilines is 1. The van der Waals surface area contributed by atoms with E-state index < -0.39 is 16.1 Å². The SMILES string of the molecule is Cc1ccc(NC(=O)[C@H](Sc2nnc3n(-c4ccccc4)c(=O)c4ccccc4n23)c2ccccc2)c([N+](=O)[O-])c1. The highest BCUT2D eigenvalue weighted by molar-refractivity contribution is 8.00. The fraction of sp³-hybridized carbons (Fsp3) is 0.0667. The van der Waals surface area contributed by atoms with E-state index >= 15 is 0 Å². The number of nitrogens with one attached hydrogen (secondary N) is 1. The molecular weight excluding hydrogens is 540 g/mol. The molecule has 1 N–H and O–H groups in total. The highest BCUT2D eigenvalue weighted by Crippen LogP contribution is 2.37. The molecule has 0 radical (unpaired) electrons. The van der Waals surface area contributed by atoms with Gasteiger partial charge in [-0.25, -0.2) is 4.57 Å². The molecule has 1 amide bonds. The van der Waals surface area contributed by atoms with Gasteiger partial charge in [-0.3, -0.25) is 24.1 Å². The standard InChI is InChI=1S/C30H22N6O4S/c1-19-16-17-23(25(18-19)36(39)40)31-27(37)26(20-10-4-2-5-11-20)41-30-33-32-29-34(21-12-6-3-7-13-21)28(38)22-14-8-9-15-24(22)35(29)30/h2-18,26H,1H3,(H,31,37)/t26-/m1/s1. The third-order valence-corrected chi connectivity index (χ3v) is 7.78. The Bertz CT molecular complexity index is 1990. The van der Waals surface area contributed by atoms with Crippen molar-refractivity contribution in [2.24, 2.45) is 0 Å². The van der Waals surface area contributed by atoms with Crippen molar-refractivity contribution in [1.29, 1.82) is 0 Å². The zero-order valence-electron chi connectivity index (χ0n) is 21.7. The van der Waals surface area contributed by atoms with E-state index in [1.807, 2.05) is 66.7 Å². The first-order valence-corrected chi connectivity index (χ1v) is 13.5. The van der Waals surface area contributed by atoms with Crippen LogP contribution in [0.25, 0.3) is 22.4 Å². The van der Waals surface area contributed by atoms with Gasteiger partial charge in [0.15, 0.2) is 5.16 Å². The number of nitro benzene ring substituents is 1. The summed E-state index contributed by atoms with van der Waals surface area (Å²) in [6.45, 7) is 1.75. The van der Waals surface area contributed by atoms with E-state index in [9.17, 15) is 19.7 Å². The number of fused-ring (bicyclic) bond motifs is 3. The summed E-state index contributed by atoms with van der Waals surface area (Å²) < 4.78 is 3.25. The Morgan fingerprint density at radius 3 is 2.34 bits per heavy atom. The maximum Gasteiger partial charge on any atom is 0.293 e. The lowest BCUT2D eigenvalue weighted by atomic mass is 10.1. The molecular formula is C30H22N6O4S. The fourth-order valence-corrected chi connectivity index (χ4v) is 5.71. The predicted molar refractivity (Wildman–Crippen MR) is 158 cm³/mol. The number of hydrogen-bond acceptors (Lipinski definition) is 7. The fourth-order valence-electron chi connectivity index (χ4n) is 4.67. The van der Waals surface area contributed by atoms with Gasteiger partial charge in [0.05, 0.1) is 21.5 Å². The molecule has 10 nitrogen and oxygen atoms in total. The number of aryl methyl sites for hydroxylation is 1. The summed E-state index contributed by atoms with van der Waals surface area (Å²) in [7, 11) is 0.